The van der Waals surface area contributed by atoms with Gasteiger partial charge in [-0.15, -0.1) is 0 Å². The summed E-state index contributed by atoms with van der Waals surface area (Å²) in [6.07, 6.45) is 1.79. The van der Waals surface area contributed by atoms with Crippen molar-refractivity contribution in [3.63, 3.8) is 0 Å². The molecule has 0 saturated heterocycles. The van der Waals surface area contributed by atoms with Gasteiger partial charge in [0.2, 0.25) is 0 Å². The van der Waals surface area contributed by atoms with E-state index in [0.717, 1.165) is 27.2 Å². The van der Waals surface area contributed by atoms with E-state index in [0.29, 0.717) is 6.54 Å². The van der Waals surface area contributed by atoms with E-state index in [1.165, 1.54) is 0 Å². The van der Waals surface area contributed by atoms with Crippen LogP contribution in [-0.2, 0) is 6.54 Å². The van der Waals surface area contributed by atoms with Crippen LogP contribution in [0.15, 0.2) is 59.2 Å². The number of benzene rings is 2. The topological polar surface area (TPSA) is 25.2 Å². The fourth-order valence-corrected chi connectivity index (χ4v) is 2.17. The van der Waals surface area contributed by atoms with Crippen molar-refractivity contribution in [1.82, 2.24) is 0 Å². The average molecular weight is 258 g/mol. The highest BCUT2D eigenvalue weighted by molar-refractivity contribution is 6.33. The Kier molecular flexibility index (Phi) is 2.95. The monoisotopic (exact) mass is 257 g/mol. The smallest absolute Gasteiger partial charge is 0.134 e. The van der Waals surface area contributed by atoms with Crippen molar-refractivity contribution < 1.29 is 4.42 Å². The van der Waals surface area contributed by atoms with E-state index in [9.17, 15) is 0 Å². The number of para-hydroxylation sites is 2. The molecule has 0 radical (unpaired) electrons. The lowest BCUT2D eigenvalue weighted by atomic mass is 10.2. The average Bonchev–Trinajstić information content (AvgIpc) is 2.81. The molecular weight excluding hydrogens is 246 g/mol. The van der Waals surface area contributed by atoms with Crippen molar-refractivity contribution in [2.75, 3.05) is 5.32 Å². The molecule has 0 atom stereocenters. The van der Waals surface area contributed by atoms with Gasteiger partial charge in [-0.2, -0.15) is 0 Å². The molecule has 0 fully saturated rings. The van der Waals surface area contributed by atoms with Gasteiger partial charge in [-0.05, 0) is 18.2 Å². The summed E-state index contributed by atoms with van der Waals surface area (Å²) in [5.41, 5.74) is 2.98. The Morgan fingerprint density at radius 3 is 2.67 bits per heavy atom. The van der Waals surface area contributed by atoms with Crippen molar-refractivity contribution in [2.45, 2.75) is 6.54 Å². The van der Waals surface area contributed by atoms with Crippen LogP contribution in [0.25, 0.3) is 11.0 Å². The molecule has 3 aromatic rings. The quantitative estimate of drug-likeness (QED) is 0.736. The summed E-state index contributed by atoms with van der Waals surface area (Å²) < 4.78 is 5.49. The predicted octanol–water partition coefficient (Wildman–Crippen LogP) is 4.70. The van der Waals surface area contributed by atoms with Crippen molar-refractivity contribution in [2.24, 2.45) is 0 Å². The fraction of sp³-hybridized carbons (Fsp3) is 0.0667. The molecule has 2 nitrogen and oxygen atoms in total. The number of nitrogens with one attached hydrogen (secondary N) is 1. The largest absolute Gasteiger partial charge is 0.464 e. The van der Waals surface area contributed by atoms with Crippen LogP contribution in [-0.4, -0.2) is 0 Å². The molecule has 0 unspecified atom stereocenters. The third-order valence-corrected chi connectivity index (χ3v) is 3.23. The first-order valence-corrected chi connectivity index (χ1v) is 6.16. The molecule has 1 aromatic heterocycles. The number of rotatable bonds is 3. The Bertz CT molecular complexity index is 675. The second-order valence-corrected chi connectivity index (χ2v) is 4.50. The van der Waals surface area contributed by atoms with Crippen molar-refractivity contribution in [3.05, 3.63) is 65.4 Å². The van der Waals surface area contributed by atoms with Gasteiger partial charge < -0.3 is 9.73 Å². The molecule has 3 heteroatoms. The highest BCUT2D eigenvalue weighted by Gasteiger charge is 2.05. The number of hydrogen-bond acceptors (Lipinski definition) is 2. The molecule has 18 heavy (non-hydrogen) atoms. The van der Waals surface area contributed by atoms with E-state index in [-0.39, 0.29) is 0 Å². The number of hydrogen-bond donors (Lipinski definition) is 1. The summed E-state index contributed by atoms with van der Waals surface area (Å²) >= 11 is 6.10. The summed E-state index contributed by atoms with van der Waals surface area (Å²) in [4.78, 5) is 0. The van der Waals surface area contributed by atoms with Crippen LogP contribution in [0.2, 0.25) is 5.02 Å². The van der Waals surface area contributed by atoms with Gasteiger partial charge in [0.25, 0.3) is 0 Å². The minimum absolute atomic E-state index is 0.695. The molecule has 1 heterocycles. The van der Waals surface area contributed by atoms with Crippen molar-refractivity contribution >= 4 is 28.3 Å². The number of fused-ring (bicyclic) bond motifs is 1. The van der Waals surface area contributed by atoms with Gasteiger partial charge in [0, 0.05) is 17.5 Å². The zero-order valence-corrected chi connectivity index (χ0v) is 10.4. The number of anilines is 1. The van der Waals surface area contributed by atoms with E-state index in [2.05, 4.69) is 11.4 Å². The van der Waals surface area contributed by atoms with Crippen molar-refractivity contribution in [1.29, 1.82) is 0 Å². The molecule has 0 aliphatic carbocycles. The Balaban J connectivity index is 1.83. The summed E-state index contributed by atoms with van der Waals surface area (Å²) in [6, 6.07) is 15.7. The second kappa shape index (κ2) is 4.75. The highest BCUT2D eigenvalue weighted by atomic mass is 35.5. The van der Waals surface area contributed by atoms with Gasteiger partial charge in [-0.3, -0.25) is 0 Å². The Morgan fingerprint density at radius 2 is 1.78 bits per heavy atom. The molecule has 2 aromatic carbocycles. The summed E-state index contributed by atoms with van der Waals surface area (Å²) in [5.74, 6) is 0. The minimum Gasteiger partial charge on any atom is -0.464 e. The maximum Gasteiger partial charge on any atom is 0.134 e. The molecule has 0 bridgehead atoms. The fourth-order valence-electron chi connectivity index (χ4n) is 1.96. The van der Waals surface area contributed by atoms with Crippen molar-refractivity contribution in [3.8, 4) is 0 Å². The maximum absolute atomic E-state index is 6.10. The third-order valence-electron chi connectivity index (χ3n) is 2.90. The Hall–Kier alpha value is -1.93. The number of halogens is 1. The van der Waals surface area contributed by atoms with E-state index in [1.807, 2.05) is 42.5 Å². The normalized spacial score (nSPS) is 10.7. The summed E-state index contributed by atoms with van der Waals surface area (Å²) in [6.45, 7) is 0.695. The van der Waals surface area contributed by atoms with Gasteiger partial charge in [0.05, 0.1) is 17.0 Å². The molecular formula is C15H12ClNO. The third kappa shape index (κ3) is 2.07. The van der Waals surface area contributed by atoms with Crippen LogP contribution in [0.5, 0.6) is 0 Å². The Morgan fingerprint density at radius 1 is 1.00 bits per heavy atom. The lowest BCUT2D eigenvalue weighted by molar-refractivity contribution is 0.611. The molecule has 0 saturated carbocycles. The number of furan rings is 1. The molecule has 1 N–H and O–H groups in total. The zero-order valence-electron chi connectivity index (χ0n) is 9.69. The molecule has 90 valence electrons. The van der Waals surface area contributed by atoms with Crippen LogP contribution >= 0.6 is 11.6 Å². The van der Waals surface area contributed by atoms with Crippen LogP contribution in [0.1, 0.15) is 5.56 Å². The van der Waals surface area contributed by atoms with Gasteiger partial charge in [-0.1, -0.05) is 41.9 Å². The van der Waals surface area contributed by atoms with Gasteiger partial charge in [0.1, 0.15) is 5.58 Å². The molecule has 0 spiro atoms. The van der Waals surface area contributed by atoms with Crippen LogP contribution in [0, 0.1) is 0 Å². The van der Waals surface area contributed by atoms with E-state index >= 15 is 0 Å². The zero-order chi connectivity index (χ0) is 12.4. The van der Waals surface area contributed by atoms with E-state index in [1.54, 1.807) is 6.26 Å². The van der Waals surface area contributed by atoms with Crippen LogP contribution in [0.3, 0.4) is 0 Å². The first kappa shape index (κ1) is 11.2. The van der Waals surface area contributed by atoms with Crippen LogP contribution in [0.4, 0.5) is 5.69 Å². The SMILES string of the molecule is Clc1ccccc1NCc1coc2ccccc12. The standard InChI is InChI=1S/C15H12ClNO/c16-13-6-2-3-7-14(13)17-9-11-10-18-15-8-4-1-5-12(11)15/h1-8,10,17H,9H2. The summed E-state index contributed by atoms with van der Waals surface area (Å²) in [5, 5.41) is 5.18. The summed E-state index contributed by atoms with van der Waals surface area (Å²) in [7, 11) is 0. The first-order valence-electron chi connectivity index (χ1n) is 5.78. The molecule has 3 rings (SSSR count). The second-order valence-electron chi connectivity index (χ2n) is 4.09. The van der Waals surface area contributed by atoms with Gasteiger partial charge >= 0.3 is 0 Å². The van der Waals surface area contributed by atoms with E-state index in [4.69, 9.17) is 16.0 Å². The first-order chi connectivity index (χ1) is 8.84. The maximum atomic E-state index is 6.10. The molecule has 0 aliphatic rings. The molecule has 0 amide bonds. The van der Waals surface area contributed by atoms with E-state index < -0.39 is 0 Å². The Labute approximate surface area is 110 Å². The van der Waals surface area contributed by atoms with Gasteiger partial charge in [0.15, 0.2) is 0 Å². The molecule has 0 aliphatic heterocycles. The lowest BCUT2D eigenvalue weighted by Crippen LogP contribution is -1.98. The minimum atomic E-state index is 0.695. The van der Waals surface area contributed by atoms with Gasteiger partial charge in [-0.25, -0.2) is 0 Å². The highest BCUT2D eigenvalue weighted by Crippen LogP contribution is 2.24. The van der Waals surface area contributed by atoms with Crippen LogP contribution < -0.4 is 5.32 Å². The lowest BCUT2D eigenvalue weighted by Gasteiger charge is -2.06. The predicted molar refractivity (Wildman–Crippen MR) is 75.0 cm³/mol.